The van der Waals surface area contributed by atoms with E-state index in [0.29, 0.717) is 6.10 Å². The van der Waals surface area contributed by atoms with Crippen molar-refractivity contribution in [2.75, 3.05) is 13.2 Å². The van der Waals surface area contributed by atoms with Gasteiger partial charge >= 0.3 is 0 Å². The van der Waals surface area contributed by atoms with Gasteiger partial charge in [-0.3, -0.25) is 5.10 Å². The van der Waals surface area contributed by atoms with Crippen molar-refractivity contribution < 1.29 is 9.47 Å². The third-order valence-electron chi connectivity index (χ3n) is 3.00. The molecule has 0 aliphatic carbocycles. The fourth-order valence-corrected chi connectivity index (χ4v) is 1.99. The second-order valence-corrected chi connectivity index (χ2v) is 4.11. The van der Waals surface area contributed by atoms with Crippen molar-refractivity contribution in [3.8, 4) is 5.75 Å². The van der Waals surface area contributed by atoms with Gasteiger partial charge in [0.2, 0.25) is 0 Å². The lowest BCUT2D eigenvalue weighted by Gasteiger charge is -2.23. The summed E-state index contributed by atoms with van der Waals surface area (Å²) in [6, 6.07) is 0. The van der Waals surface area contributed by atoms with Crippen molar-refractivity contribution in [2.45, 2.75) is 45.6 Å². The van der Waals surface area contributed by atoms with Crippen molar-refractivity contribution in [2.24, 2.45) is 0 Å². The van der Waals surface area contributed by atoms with E-state index >= 15 is 0 Å². The highest BCUT2D eigenvalue weighted by molar-refractivity contribution is 5.33. The molecule has 1 aliphatic heterocycles. The quantitative estimate of drug-likeness (QED) is 0.852. The maximum atomic E-state index is 6.07. The summed E-state index contributed by atoms with van der Waals surface area (Å²) in [5.41, 5.74) is 2.16. The van der Waals surface area contributed by atoms with E-state index in [-0.39, 0.29) is 0 Å². The number of ether oxygens (including phenoxy) is 2. The van der Waals surface area contributed by atoms with Gasteiger partial charge in [-0.15, -0.1) is 0 Å². The van der Waals surface area contributed by atoms with Crippen LogP contribution in [0.1, 0.15) is 38.1 Å². The predicted octanol–water partition coefficient (Wildman–Crippen LogP) is 2.09. The van der Waals surface area contributed by atoms with Crippen LogP contribution < -0.4 is 4.74 Å². The number of aromatic nitrogens is 2. The van der Waals surface area contributed by atoms with E-state index in [2.05, 4.69) is 24.0 Å². The van der Waals surface area contributed by atoms with Crippen LogP contribution in [0.5, 0.6) is 5.75 Å². The molecule has 90 valence electrons. The number of rotatable bonds is 4. The largest absolute Gasteiger partial charge is 0.486 e. The first-order valence-corrected chi connectivity index (χ1v) is 6.15. The van der Waals surface area contributed by atoms with Crippen molar-refractivity contribution in [3.63, 3.8) is 0 Å². The fraction of sp³-hybridized carbons (Fsp3) is 0.750. The molecule has 1 aromatic rings. The highest BCUT2D eigenvalue weighted by Crippen LogP contribution is 2.25. The number of aryl methyl sites for hydroxylation is 2. The summed E-state index contributed by atoms with van der Waals surface area (Å²) in [6.45, 7) is 5.84. The Balaban J connectivity index is 2.08. The molecule has 1 fully saturated rings. The van der Waals surface area contributed by atoms with Gasteiger partial charge in [-0.05, 0) is 12.8 Å². The van der Waals surface area contributed by atoms with Crippen LogP contribution >= 0.6 is 0 Å². The second-order valence-electron chi connectivity index (χ2n) is 4.11. The third-order valence-corrected chi connectivity index (χ3v) is 3.00. The summed E-state index contributed by atoms with van der Waals surface area (Å²) in [4.78, 5) is 0. The van der Waals surface area contributed by atoms with Crippen molar-refractivity contribution in [3.05, 3.63) is 11.4 Å². The topological polar surface area (TPSA) is 47.1 Å². The van der Waals surface area contributed by atoms with Gasteiger partial charge in [0.05, 0.1) is 18.9 Å². The van der Waals surface area contributed by atoms with Gasteiger partial charge in [-0.25, -0.2) is 0 Å². The minimum atomic E-state index is 0.293. The Hall–Kier alpha value is -1.03. The highest BCUT2D eigenvalue weighted by Gasteiger charge is 2.20. The Kier molecular flexibility index (Phi) is 3.83. The number of nitrogens with zero attached hydrogens (tertiary/aromatic N) is 1. The van der Waals surface area contributed by atoms with E-state index in [0.717, 1.165) is 56.0 Å². The van der Waals surface area contributed by atoms with E-state index in [1.54, 1.807) is 0 Å². The Morgan fingerprint density at radius 1 is 1.31 bits per heavy atom. The molecule has 0 spiro atoms. The Labute approximate surface area is 96.3 Å². The van der Waals surface area contributed by atoms with Crippen LogP contribution in [0.4, 0.5) is 0 Å². The second kappa shape index (κ2) is 5.34. The normalized spacial score (nSPS) is 17.6. The highest BCUT2D eigenvalue weighted by atomic mass is 16.5. The van der Waals surface area contributed by atoms with Crippen LogP contribution in [0.15, 0.2) is 0 Å². The minimum Gasteiger partial charge on any atom is -0.486 e. The Morgan fingerprint density at radius 3 is 2.69 bits per heavy atom. The lowest BCUT2D eigenvalue weighted by molar-refractivity contribution is 0.0248. The maximum Gasteiger partial charge on any atom is 0.163 e. The molecule has 16 heavy (non-hydrogen) atoms. The molecule has 0 aromatic carbocycles. The van der Waals surface area contributed by atoms with Gasteiger partial charge in [-0.2, -0.15) is 5.10 Å². The standard InChI is InChI=1S/C12H20N2O2/c1-3-10-12(11(4-2)14-13-10)16-9-5-7-15-8-6-9/h9H,3-8H2,1-2H3,(H,13,14). The molecule has 0 saturated carbocycles. The van der Waals surface area contributed by atoms with Crippen LogP contribution in [-0.2, 0) is 17.6 Å². The Morgan fingerprint density at radius 2 is 2.06 bits per heavy atom. The third kappa shape index (κ3) is 2.38. The number of aromatic amines is 1. The van der Waals surface area contributed by atoms with Crippen LogP contribution in [0.2, 0.25) is 0 Å². The van der Waals surface area contributed by atoms with E-state index in [1.165, 1.54) is 0 Å². The molecule has 0 atom stereocenters. The molecule has 0 bridgehead atoms. The smallest absolute Gasteiger partial charge is 0.163 e. The van der Waals surface area contributed by atoms with Crippen LogP contribution in [-0.4, -0.2) is 29.5 Å². The minimum absolute atomic E-state index is 0.293. The number of nitrogens with one attached hydrogen (secondary N) is 1. The zero-order chi connectivity index (χ0) is 11.4. The molecule has 4 heteroatoms. The monoisotopic (exact) mass is 224 g/mol. The molecular weight excluding hydrogens is 204 g/mol. The molecule has 1 aliphatic rings. The molecule has 1 saturated heterocycles. The van der Waals surface area contributed by atoms with E-state index in [1.807, 2.05) is 0 Å². The molecule has 2 heterocycles. The summed E-state index contributed by atoms with van der Waals surface area (Å²) < 4.78 is 11.4. The van der Waals surface area contributed by atoms with E-state index < -0.39 is 0 Å². The lowest BCUT2D eigenvalue weighted by Crippen LogP contribution is -2.26. The van der Waals surface area contributed by atoms with Gasteiger partial charge in [0.25, 0.3) is 0 Å². The van der Waals surface area contributed by atoms with Gasteiger partial charge in [0, 0.05) is 12.8 Å². The molecule has 2 rings (SSSR count). The molecule has 4 nitrogen and oxygen atoms in total. The number of hydrogen-bond donors (Lipinski definition) is 1. The summed E-state index contributed by atoms with van der Waals surface area (Å²) in [6.07, 6.45) is 4.11. The molecule has 0 amide bonds. The first-order valence-electron chi connectivity index (χ1n) is 6.15. The fourth-order valence-electron chi connectivity index (χ4n) is 1.99. The van der Waals surface area contributed by atoms with Crippen molar-refractivity contribution in [1.29, 1.82) is 0 Å². The van der Waals surface area contributed by atoms with E-state index in [4.69, 9.17) is 9.47 Å². The summed E-state index contributed by atoms with van der Waals surface area (Å²) in [5.74, 6) is 0.983. The Bertz CT molecular complexity index is 308. The molecular formula is C12H20N2O2. The number of H-pyrrole nitrogens is 1. The van der Waals surface area contributed by atoms with Gasteiger partial charge in [0.1, 0.15) is 11.8 Å². The van der Waals surface area contributed by atoms with Crippen LogP contribution in [0, 0.1) is 0 Å². The summed E-state index contributed by atoms with van der Waals surface area (Å²) in [5, 5.41) is 7.35. The molecule has 1 aromatic heterocycles. The average Bonchev–Trinajstić information content (AvgIpc) is 2.72. The number of hydrogen-bond acceptors (Lipinski definition) is 3. The van der Waals surface area contributed by atoms with Crippen LogP contribution in [0.3, 0.4) is 0 Å². The predicted molar refractivity (Wildman–Crippen MR) is 61.8 cm³/mol. The maximum absolute atomic E-state index is 6.07. The first kappa shape index (κ1) is 11.5. The van der Waals surface area contributed by atoms with Crippen molar-refractivity contribution in [1.82, 2.24) is 10.2 Å². The van der Waals surface area contributed by atoms with Crippen LogP contribution in [0.25, 0.3) is 0 Å². The molecule has 0 radical (unpaired) electrons. The SMILES string of the molecule is CCc1n[nH]c(CC)c1OC1CCOCC1. The van der Waals surface area contributed by atoms with Crippen molar-refractivity contribution >= 4 is 0 Å². The summed E-state index contributed by atoms with van der Waals surface area (Å²) in [7, 11) is 0. The van der Waals surface area contributed by atoms with E-state index in [9.17, 15) is 0 Å². The zero-order valence-corrected chi connectivity index (χ0v) is 10.1. The molecule has 0 unspecified atom stereocenters. The first-order chi connectivity index (χ1) is 7.85. The van der Waals surface area contributed by atoms with Gasteiger partial charge < -0.3 is 9.47 Å². The summed E-state index contributed by atoms with van der Waals surface area (Å²) >= 11 is 0. The average molecular weight is 224 g/mol. The zero-order valence-electron chi connectivity index (χ0n) is 10.1. The molecule has 1 N–H and O–H groups in total. The van der Waals surface area contributed by atoms with Gasteiger partial charge in [-0.1, -0.05) is 13.8 Å². The van der Waals surface area contributed by atoms with Gasteiger partial charge in [0.15, 0.2) is 5.75 Å². The lowest BCUT2D eigenvalue weighted by atomic mass is 10.1.